The van der Waals surface area contributed by atoms with Crippen molar-refractivity contribution in [2.45, 2.75) is 39.4 Å². The molecule has 2 amide bonds. The predicted molar refractivity (Wildman–Crippen MR) is 134 cm³/mol. The SMILES string of the molecule is CC(C)(C)CCN1CCN(C(=O)C(c2cccs2)N(C(=O)CCl)c2ccc(C(F)(F)F)cc2)CC1. The molecule has 3 rings (SSSR count). The topological polar surface area (TPSA) is 43.9 Å². The van der Waals surface area contributed by atoms with E-state index in [0.717, 1.165) is 38.2 Å². The van der Waals surface area contributed by atoms with Crippen molar-refractivity contribution >= 4 is 40.4 Å². The number of nitrogens with zero attached hydrogens (tertiary/aromatic N) is 3. The summed E-state index contributed by atoms with van der Waals surface area (Å²) < 4.78 is 39.3. The molecule has 35 heavy (non-hydrogen) atoms. The van der Waals surface area contributed by atoms with Crippen LogP contribution in [0.5, 0.6) is 0 Å². The fraction of sp³-hybridized carbons (Fsp3) is 0.520. The van der Waals surface area contributed by atoms with E-state index >= 15 is 0 Å². The molecule has 2 aromatic rings. The third-order valence-electron chi connectivity index (χ3n) is 6.02. The number of hydrogen-bond acceptors (Lipinski definition) is 4. The third-order valence-corrected chi connectivity index (χ3v) is 7.18. The minimum absolute atomic E-state index is 0.194. The lowest BCUT2D eigenvalue weighted by Crippen LogP contribution is -2.53. The van der Waals surface area contributed by atoms with Crippen LogP contribution in [0.2, 0.25) is 0 Å². The first-order valence-electron chi connectivity index (χ1n) is 11.5. The van der Waals surface area contributed by atoms with E-state index < -0.39 is 29.6 Å². The number of hydrogen-bond donors (Lipinski definition) is 0. The van der Waals surface area contributed by atoms with Gasteiger partial charge in [0.2, 0.25) is 5.91 Å². The average molecular weight is 530 g/mol. The van der Waals surface area contributed by atoms with E-state index in [2.05, 4.69) is 25.7 Å². The number of benzene rings is 1. The normalized spacial score (nSPS) is 16.3. The van der Waals surface area contributed by atoms with Crippen LogP contribution in [0.4, 0.5) is 18.9 Å². The fourth-order valence-electron chi connectivity index (χ4n) is 3.98. The lowest BCUT2D eigenvalue weighted by atomic mass is 9.92. The van der Waals surface area contributed by atoms with E-state index in [-0.39, 0.29) is 17.0 Å². The smallest absolute Gasteiger partial charge is 0.338 e. The van der Waals surface area contributed by atoms with E-state index in [9.17, 15) is 22.8 Å². The molecular weight excluding hydrogens is 499 g/mol. The molecule has 1 unspecified atom stereocenters. The average Bonchev–Trinajstić information content (AvgIpc) is 3.34. The maximum absolute atomic E-state index is 13.8. The van der Waals surface area contributed by atoms with Gasteiger partial charge in [0, 0.05) is 36.7 Å². The van der Waals surface area contributed by atoms with E-state index in [1.165, 1.54) is 28.4 Å². The van der Waals surface area contributed by atoms with Crippen molar-refractivity contribution in [2.24, 2.45) is 5.41 Å². The Labute approximate surface area is 213 Å². The van der Waals surface area contributed by atoms with E-state index in [0.29, 0.717) is 18.0 Å². The Kier molecular flexibility index (Phi) is 8.88. The summed E-state index contributed by atoms with van der Waals surface area (Å²) >= 11 is 7.21. The van der Waals surface area contributed by atoms with Crippen LogP contribution in [0.3, 0.4) is 0 Å². The second-order valence-electron chi connectivity index (χ2n) is 9.84. The van der Waals surface area contributed by atoms with Gasteiger partial charge in [-0.2, -0.15) is 13.2 Å². The van der Waals surface area contributed by atoms with Crippen LogP contribution in [0, 0.1) is 5.41 Å². The number of anilines is 1. The van der Waals surface area contributed by atoms with Crippen molar-refractivity contribution in [3.63, 3.8) is 0 Å². The molecule has 0 radical (unpaired) electrons. The van der Waals surface area contributed by atoms with Gasteiger partial charge in [0.05, 0.1) is 5.56 Å². The molecule has 0 aliphatic carbocycles. The third kappa shape index (κ3) is 7.21. The summed E-state index contributed by atoms with van der Waals surface area (Å²) in [5, 5.41) is 1.80. The van der Waals surface area contributed by atoms with Crippen molar-refractivity contribution in [1.82, 2.24) is 9.80 Å². The van der Waals surface area contributed by atoms with Crippen LogP contribution in [-0.4, -0.2) is 60.2 Å². The number of alkyl halides is 4. The van der Waals surface area contributed by atoms with Crippen LogP contribution in [0.25, 0.3) is 0 Å². The molecular formula is C25H31ClF3N3O2S. The number of piperazine rings is 1. The van der Waals surface area contributed by atoms with E-state index in [4.69, 9.17) is 11.6 Å². The van der Waals surface area contributed by atoms with E-state index in [1.54, 1.807) is 22.4 Å². The molecule has 1 aromatic carbocycles. The van der Waals surface area contributed by atoms with Gasteiger partial charge in [0.1, 0.15) is 11.9 Å². The zero-order valence-electron chi connectivity index (χ0n) is 20.1. The Morgan fingerprint density at radius 1 is 1.06 bits per heavy atom. The molecule has 1 aliphatic heterocycles. The van der Waals surface area contributed by atoms with Gasteiger partial charge >= 0.3 is 6.18 Å². The number of carbonyl (C=O) groups excluding carboxylic acids is 2. The highest BCUT2D eigenvalue weighted by Crippen LogP contribution is 2.35. The van der Waals surface area contributed by atoms with Gasteiger partial charge in [-0.3, -0.25) is 19.4 Å². The van der Waals surface area contributed by atoms with Crippen molar-refractivity contribution in [3.05, 3.63) is 52.2 Å². The highest BCUT2D eigenvalue weighted by molar-refractivity contribution is 7.10. The minimum Gasteiger partial charge on any atom is -0.338 e. The molecule has 1 atom stereocenters. The zero-order valence-corrected chi connectivity index (χ0v) is 21.7. The summed E-state index contributed by atoms with van der Waals surface area (Å²) in [5.41, 5.74) is -0.412. The van der Waals surface area contributed by atoms with Gasteiger partial charge in [-0.1, -0.05) is 26.8 Å². The van der Waals surface area contributed by atoms with Gasteiger partial charge in [-0.15, -0.1) is 22.9 Å². The summed E-state index contributed by atoms with van der Waals surface area (Å²) in [4.78, 5) is 32.6. The summed E-state index contributed by atoms with van der Waals surface area (Å²) in [7, 11) is 0. The highest BCUT2D eigenvalue weighted by atomic mass is 35.5. The molecule has 0 spiro atoms. The van der Waals surface area contributed by atoms with Crippen molar-refractivity contribution in [1.29, 1.82) is 0 Å². The Bertz CT molecular complexity index is 983. The Morgan fingerprint density at radius 3 is 2.17 bits per heavy atom. The number of amides is 2. The first kappa shape index (κ1) is 27.5. The van der Waals surface area contributed by atoms with Crippen LogP contribution in [0.1, 0.15) is 43.7 Å². The molecule has 0 saturated carbocycles. The first-order valence-corrected chi connectivity index (χ1v) is 12.9. The zero-order chi connectivity index (χ0) is 25.8. The predicted octanol–water partition coefficient (Wildman–Crippen LogP) is 5.66. The summed E-state index contributed by atoms with van der Waals surface area (Å²) in [6.07, 6.45) is -3.46. The van der Waals surface area contributed by atoms with Crippen LogP contribution in [-0.2, 0) is 15.8 Å². The second-order valence-corrected chi connectivity index (χ2v) is 11.1. The molecule has 1 aliphatic rings. The maximum Gasteiger partial charge on any atom is 0.416 e. The molecule has 5 nitrogen and oxygen atoms in total. The van der Waals surface area contributed by atoms with Gasteiger partial charge in [0.25, 0.3) is 5.91 Å². The van der Waals surface area contributed by atoms with Crippen molar-refractivity contribution in [2.75, 3.05) is 43.5 Å². The van der Waals surface area contributed by atoms with E-state index in [1.807, 2.05) is 0 Å². The number of carbonyl (C=O) groups is 2. The number of rotatable bonds is 7. The number of halogens is 4. The lowest BCUT2D eigenvalue weighted by Gasteiger charge is -2.39. The fourth-order valence-corrected chi connectivity index (χ4v) is 4.91. The molecule has 10 heteroatoms. The Hall–Kier alpha value is -2.10. The molecule has 0 bridgehead atoms. The molecule has 192 valence electrons. The first-order chi connectivity index (χ1) is 16.4. The summed E-state index contributed by atoms with van der Waals surface area (Å²) in [6, 6.07) is 6.78. The lowest BCUT2D eigenvalue weighted by molar-refractivity contribution is -0.137. The summed E-state index contributed by atoms with van der Waals surface area (Å²) in [6.45, 7) is 10.0. The number of thiophene rings is 1. The van der Waals surface area contributed by atoms with Crippen LogP contribution >= 0.6 is 22.9 Å². The van der Waals surface area contributed by atoms with Crippen molar-refractivity contribution < 1.29 is 22.8 Å². The molecule has 2 heterocycles. The molecule has 0 N–H and O–H groups in total. The van der Waals surface area contributed by atoms with Gasteiger partial charge < -0.3 is 4.90 Å². The van der Waals surface area contributed by atoms with Gasteiger partial charge in [-0.05, 0) is 54.1 Å². The standard InChI is InChI=1S/C25H31ClF3N3O2S/c1-24(2,3)10-11-30-12-14-31(15-13-30)23(34)22(20-5-4-16-35-20)32(21(33)17-26)19-8-6-18(7-9-19)25(27,28)29/h4-9,16,22H,10-15,17H2,1-3H3. The van der Waals surface area contributed by atoms with Gasteiger partial charge in [0.15, 0.2) is 0 Å². The second kappa shape index (κ2) is 11.3. The van der Waals surface area contributed by atoms with Crippen LogP contribution < -0.4 is 4.90 Å². The minimum atomic E-state index is -4.50. The summed E-state index contributed by atoms with van der Waals surface area (Å²) in [5.74, 6) is -1.22. The monoisotopic (exact) mass is 529 g/mol. The Morgan fingerprint density at radius 2 is 1.69 bits per heavy atom. The highest BCUT2D eigenvalue weighted by Gasteiger charge is 2.37. The Balaban J connectivity index is 1.86. The largest absolute Gasteiger partial charge is 0.416 e. The van der Waals surface area contributed by atoms with Crippen molar-refractivity contribution in [3.8, 4) is 0 Å². The maximum atomic E-state index is 13.8. The molecule has 1 aromatic heterocycles. The van der Waals surface area contributed by atoms with Crippen LogP contribution in [0.15, 0.2) is 41.8 Å². The quantitative estimate of drug-likeness (QED) is 0.435. The van der Waals surface area contributed by atoms with Gasteiger partial charge in [-0.25, -0.2) is 0 Å². The molecule has 1 fully saturated rings. The molecule has 1 saturated heterocycles.